The molecule has 1 N–H and O–H groups in total. The van der Waals surface area contributed by atoms with E-state index in [9.17, 15) is 5.11 Å². The van der Waals surface area contributed by atoms with Gasteiger partial charge in [0.05, 0.1) is 0 Å². The summed E-state index contributed by atoms with van der Waals surface area (Å²) in [6.07, 6.45) is 2.73. The fraction of sp³-hybridized carbons (Fsp3) is 0.111. The lowest BCUT2D eigenvalue weighted by Crippen LogP contribution is -2.03. The second-order valence-corrected chi connectivity index (χ2v) is 6.52. The molecule has 3 heteroatoms. The van der Waals surface area contributed by atoms with Gasteiger partial charge in [-0.2, -0.15) is 0 Å². The predicted molar refractivity (Wildman–Crippen MR) is 92.7 cm³/mol. The highest BCUT2D eigenvalue weighted by Crippen LogP contribution is 2.40. The molecule has 0 saturated carbocycles. The SMILES string of the molecule is C=C1C=C(c2cc(C)c(Br)cc2O)Cc2c(Cl)cccc21. The number of benzene rings is 2. The minimum atomic E-state index is 0.266. The molecule has 0 spiro atoms. The number of allylic oxidation sites excluding steroid dienone is 3. The molecule has 0 aliphatic heterocycles. The Bertz CT molecular complexity index is 790. The van der Waals surface area contributed by atoms with E-state index >= 15 is 0 Å². The van der Waals surface area contributed by atoms with Crippen LogP contribution in [0.1, 0.15) is 22.3 Å². The number of hydrogen-bond acceptors (Lipinski definition) is 1. The van der Waals surface area contributed by atoms with Gasteiger partial charge in [-0.05, 0) is 53.0 Å². The van der Waals surface area contributed by atoms with E-state index in [-0.39, 0.29) is 5.75 Å². The summed E-state index contributed by atoms with van der Waals surface area (Å²) < 4.78 is 0.900. The third-order valence-electron chi connectivity index (χ3n) is 3.80. The van der Waals surface area contributed by atoms with Crippen LogP contribution in [0.4, 0.5) is 0 Å². The molecule has 0 saturated heterocycles. The van der Waals surface area contributed by atoms with Crippen molar-refractivity contribution in [3.8, 4) is 5.75 Å². The molecule has 1 aliphatic rings. The third-order valence-corrected chi connectivity index (χ3v) is 5.01. The Morgan fingerprint density at radius 1 is 1.24 bits per heavy atom. The molecule has 0 fully saturated rings. The van der Waals surface area contributed by atoms with Crippen LogP contribution < -0.4 is 0 Å². The van der Waals surface area contributed by atoms with E-state index < -0.39 is 0 Å². The molecule has 0 amide bonds. The Balaban J connectivity index is 2.12. The van der Waals surface area contributed by atoms with E-state index in [1.165, 1.54) is 0 Å². The van der Waals surface area contributed by atoms with Gasteiger partial charge in [0.25, 0.3) is 0 Å². The number of aromatic hydroxyl groups is 1. The van der Waals surface area contributed by atoms with E-state index in [4.69, 9.17) is 11.6 Å². The Morgan fingerprint density at radius 2 is 2.00 bits per heavy atom. The molecule has 3 rings (SSSR count). The Morgan fingerprint density at radius 3 is 2.76 bits per heavy atom. The Hall–Kier alpha value is -1.51. The molecule has 2 aromatic carbocycles. The number of phenolic OH excluding ortho intramolecular Hbond substituents is 1. The quantitative estimate of drug-likeness (QED) is 0.683. The zero-order valence-corrected chi connectivity index (χ0v) is 13.9. The average Bonchev–Trinajstić information content (AvgIpc) is 2.44. The van der Waals surface area contributed by atoms with E-state index in [0.29, 0.717) is 6.42 Å². The van der Waals surface area contributed by atoms with Crippen LogP contribution in [0.2, 0.25) is 5.02 Å². The summed E-state index contributed by atoms with van der Waals surface area (Å²) in [5.74, 6) is 0.266. The maximum Gasteiger partial charge on any atom is 0.124 e. The largest absolute Gasteiger partial charge is 0.507 e. The molecular weight excluding hydrogens is 348 g/mol. The first-order valence-corrected chi connectivity index (χ1v) is 7.81. The van der Waals surface area contributed by atoms with Gasteiger partial charge in [-0.1, -0.05) is 52.3 Å². The predicted octanol–water partition coefficient (Wildman–Crippen LogP) is 5.77. The van der Waals surface area contributed by atoms with Crippen LogP contribution in [0.25, 0.3) is 11.1 Å². The third kappa shape index (κ3) is 2.54. The lowest BCUT2D eigenvalue weighted by atomic mass is 9.85. The van der Waals surface area contributed by atoms with Crippen molar-refractivity contribution in [1.82, 2.24) is 0 Å². The van der Waals surface area contributed by atoms with Crippen LogP contribution in [0.3, 0.4) is 0 Å². The lowest BCUT2D eigenvalue weighted by Gasteiger charge is -2.21. The van der Waals surface area contributed by atoms with Gasteiger partial charge >= 0.3 is 0 Å². The Kier molecular flexibility index (Phi) is 3.68. The molecule has 0 atom stereocenters. The van der Waals surface area contributed by atoms with Crippen molar-refractivity contribution in [1.29, 1.82) is 0 Å². The summed E-state index contributed by atoms with van der Waals surface area (Å²) in [5.41, 5.74) is 6.03. The smallest absolute Gasteiger partial charge is 0.124 e. The number of hydrogen-bond donors (Lipinski definition) is 1. The van der Waals surface area contributed by atoms with Gasteiger partial charge in [0, 0.05) is 21.5 Å². The van der Waals surface area contributed by atoms with Gasteiger partial charge in [0.2, 0.25) is 0 Å². The summed E-state index contributed by atoms with van der Waals surface area (Å²) in [6, 6.07) is 9.58. The van der Waals surface area contributed by atoms with Crippen LogP contribution in [0, 0.1) is 6.92 Å². The van der Waals surface area contributed by atoms with Gasteiger partial charge in [0.15, 0.2) is 0 Å². The first-order chi connectivity index (χ1) is 9.97. The van der Waals surface area contributed by atoms with Crippen LogP contribution in [-0.2, 0) is 6.42 Å². The van der Waals surface area contributed by atoms with Crippen LogP contribution in [-0.4, -0.2) is 5.11 Å². The normalized spacial score (nSPS) is 13.9. The molecule has 1 aliphatic carbocycles. The van der Waals surface area contributed by atoms with Gasteiger partial charge in [-0.25, -0.2) is 0 Å². The van der Waals surface area contributed by atoms with E-state index in [0.717, 1.165) is 42.9 Å². The number of phenols is 1. The molecule has 0 radical (unpaired) electrons. The zero-order valence-electron chi connectivity index (χ0n) is 11.6. The van der Waals surface area contributed by atoms with Crippen molar-refractivity contribution in [3.05, 3.63) is 74.7 Å². The lowest BCUT2D eigenvalue weighted by molar-refractivity contribution is 0.473. The molecular formula is C18H14BrClO. The van der Waals surface area contributed by atoms with Gasteiger partial charge in [0.1, 0.15) is 5.75 Å². The summed E-state index contributed by atoms with van der Waals surface area (Å²) in [6.45, 7) is 6.12. The fourth-order valence-corrected chi connectivity index (χ4v) is 3.24. The number of rotatable bonds is 1. The van der Waals surface area contributed by atoms with E-state index in [2.05, 4.69) is 22.5 Å². The van der Waals surface area contributed by atoms with Crippen molar-refractivity contribution < 1.29 is 5.11 Å². The molecule has 0 bridgehead atoms. The molecule has 106 valence electrons. The standard InChI is InChI=1S/C18H14BrClO/c1-10-6-12(8-15-13(10)4-3-5-17(15)20)14-7-11(2)16(19)9-18(14)21/h3-7,9,21H,1,8H2,2H3. The van der Waals surface area contributed by atoms with Crippen molar-refractivity contribution in [2.45, 2.75) is 13.3 Å². The summed E-state index contributed by atoms with van der Waals surface area (Å²) >= 11 is 9.75. The van der Waals surface area contributed by atoms with E-state index in [1.54, 1.807) is 6.07 Å². The highest BCUT2D eigenvalue weighted by atomic mass is 79.9. The maximum absolute atomic E-state index is 10.2. The van der Waals surface area contributed by atoms with Crippen LogP contribution >= 0.6 is 27.5 Å². The summed E-state index contributed by atoms with van der Waals surface area (Å²) in [7, 11) is 0. The van der Waals surface area contributed by atoms with Crippen molar-refractivity contribution >= 4 is 38.7 Å². The van der Waals surface area contributed by atoms with Crippen LogP contribution in [0.5, 0.6) is 5.75 Å². The first kappa shape index (κ1) is 14.4. The molecule has 0 heterocycles. The summed E-state index contributed by atoms with van der Waals surface area (Å²) in [5, 5.41) is 11.0. The highest BCUT2D eigenvalue weighted by molar-refractivity contribution is 9.10. The summed E-state index contributed by atoms with van der Waals surface area (Å²) in [4.78, 5) is 0. The average molecular weight is 362 g/mol. The first-order valence-electron chi connectivity index (χ1n) is 6.64. The number of halogens is 2. The molecule has 0 unspecified atom stereocenters. The molecule has 1 nitrogen and oxygen atoms in total. The molecule has 21 heavy (non-hydrogen) atoms. The molecule has 0 aromatic heterocycles. The minimum absolute atomic E-state index is 0.266. The van der Waals surface area contributed by atoms with Crippen molar-refractivity contribution in [2.75, 3.05) is 0 Å². The second-order valence-electron chi connectivity index (χ2n) is 5.26. The van der Waals surface area contributed by atoms with Crippen LogP contribution in [0.15, 0.2) is 47.5 Å². The fourth-order valence-electron chi connectivity index (χ4n) is 2.67. The minimum Gasteiger partial charge on any atom is -0.507 e. The molecule has 2 aromatic rings. The van der Waals surface area contributed by atoms with Gasteiger partial charge in [-0.15, -0.1) is 0 Å². The topological polar surface area (TPSA) is 20.2 Å². The van der Waals surface area contributed by atoms with Crippen molar-refractivity contribution in [2.24, 2.45) is 0 Å². The van der Waals surface area contributed by atoms with Gasteiger partial charge in [-0.3, -0.25) is 0 Å². The van der Waals surface area contributed by atoms with Crippen molar-refractivity contribution in [3.63, 3.8) is 0 Å². The second kappa shape index (κ2) is 5.36. The van der Waals surface area contributed by atoms with E-state index in [1.807, 2.05) is 37.3 Å². The zero-order chi connectivity index (χ0) is 15.1. The highest BCUT2D eigenvalue weighted by Gasteiger charge is 2.19. The monoisotopic (exact) mass is 360 g/mol. The number of fused-ring (bicyclic) bond motifs is 1. The maximum atomic E-state index is 10.2. The Labute approximate surface area is 137 Å². The number of aryl methyl sites for hydroxylation is 1. The van der Waals surface area contributed by atoms with Gasteiger partial charge < -0.3 is 5.11 Å².